The number of hydrogen-bond acceptors (Lipinski definition) is 4. The van der Waals surface area contributed by atoms with Crippen LogP contribution in [0.25, 0.3) is 0 Å². The van der Waals surface area contributed by atoms with E-state index >= 15 is 0 Å². The van der Waals surface area contributed by atoms with Gasteiger partial charge in [-0.05, 0) is 76.9 Å². The summed E-state index contributed by atoms with van der Waals surface area (Å²) in [5, 5.41) is 7.13. The number of halogens is 1. The van der Waals surface area contributed by atoms with Gasteiger partial charge in [-0.25, -0.2) is 4.39 Å². The van der Waals surface area contributed by atoms with E-state index in [-0.39, 0.29) is 11.4 Å². The highest BCUT2D eigenvalue weighted by Gasteiger charge is 2.25. The van der Waals surface area contributed by atoms with Crippen LogP contribution in [0.2, 0.25) is 0 Å². The summed E-state index contributed by atoms with van der Waals surface area (Å²) in [7, 11) is 0. The monoisotopic (exact) mass is 388 g/mol. The van der Waals surface area contributed by atoms with E-state index in [1.807, 2.05) is 29.7 Å². The molecule has 2 aliphatic rings. The highest BCUT2D eigenvalue weighted by molar-refractivity contribution is 5.40. The quantitative estimate of drug-likeness (QED) is 0.530. The van der Waals surface area contributed by atoms with Crippen LogP contribution in [0.15, 0.2) is 46.5 Å². The molecule has 2 aliphatic heterocycles. The number of aromatic nitrogens is 1. The standard InChI is InChI=1S/C22H33FN4O/c1-3-18(14-17(2)23)6-5-11-24-19-9-12-26(13-10-19)15-20-16-27-21(25-20)7-4-8-22(27)28/h3-4,7-8,14,19-20,24-25H,5-6,9-13,15-16H2,1-2H3/b17-14+,18-3-. The summed E-state index contributed by atoms with van der Waals surface area (Å²) in [5.74, 6) is 0.811. The summed E-state index contributed by atoms with van der Waals surface area (Å²) < 4.78 is 14.8. The first-order chi connectivity index (χ1) is 13.5. The number of allylic oxidation sites excluding steroid dienone is 4. The summed E-state index contributed by atoms with van der Waals surface area (Å²) in [6.45, 7) is 8.35. The molecule has 154 valence electrons. The van der Waals surface area contributed by atoms with Crippen LogP contribution >= 0.6 is 0 Å². The molecule has 0 aliphatic carbocycles. The van der Waals surface area contributed by atoms with Gasteiger partial charge in [0.25, 0.3) is 5.56 Å². The van der Waals surface area contributed by atoms with Gasteiger partial charge in [0.15, 0.2) is 0 Å². The maximum absolute atomic E-state index is 13.0. The molecule has 3 heterocycles. The Morgan fingerprint density at radius 1 is 1.36 bits per heavy atom. The fraction of sp³-hybridized carbons (Fsp3) is 0.591. The van der Waals surface area contributed by atoms with Crippen molar-refractivity contribution >= 4 is 5.82 Å². The Bertz CT molecular complexity index is 758. The number of piperidine rings is 1. The van der Waals surface area contributed by atoms with Gasteiger partial charge in [0.1, 0.15) is 5.82 Å². The van der Waals surface area contributed by atoms with Crippen molar-refractivity contribution in [2.24, 2.45) is 0 Å². The zero-order chi connectivity index (χ0) is 19.9. The van der Waals surface area contributed by atoms with E-state index < -0.39 is 0 Å². The van der Waals surface area contributed by atoms with Gasteiger partial charge in [-0.1, -0.05) is 12.1 Å². The molecule has 1 saturated heterocycles. The largest absolute Gasteiger partial charge is 0.366 e. The fourth-order valence-corrected chi connectivity index (χ4v) is 4.20. The predicted molar refractivity (Wildman–Crippen MR) is 113 cm³/mol. The summed E-state index contributed by atoms with van der Waals surface area (Å²) in [6, 6.07) is 6.29. The molecular weight excluding hydrogens is 355 g/mol. The molecule has 6 heteroatoms. The first-order valence-electron chi connectivity index (χ1n) is 10.5. The molecule has 1 unspecified atom stereocenters. The lowest BCUT2D eigenvalue weighted by Gasteiger charge is -2.33. The van der Waals surface area contributed by atoms with Crippen LogP contribution < -0.4 is 16.2 Å². The second-order valence-electron chi connectivity index (χ2n) is 7.93. The van der Waals surface area contributed by atoms with Crippen LogP contribution in [-0.4, -0.2) is 47.7 Å². The van der Waals surface area contributed by atoms with Crippen molar-refractivity contribution in [3.05, 3.63) is 52.1 Å². The van der Waals surface area contributed by atoms with Crippen LogP contribution in [-0.2, 0) is 6.54 Å². The number of anilines is 1. The smallest absolute Gasteiger partial charge is 0.252 e. The minimum absolute atomic E-state index is 0.0775. The lowest BCUT2D eigenvalue weighted by molar-refractivity contribution is 0.190. The van der Waals surface area contributed by atoms with Gasteiger partial charge in [0.2, 0.25) is 0 Å². The lowest BCUT2D eigenvalue weighted by atomic mass is 10.0. The maximum Gasteiger partial charge on any atom is 0.252 e. The third-order valence-corrected chi connectivity index (χ3v) is 5.70. The van der Waals surface area contributed by atoms with Crippen molar-refractivity contribution in [1.82, 2.24) is 14.8 Å². The molecule has 0 amide bonds. The number of nitrogens with zero attached hydrogens (tertiary/aromatic N) is 2. The van der Waals surface area contributed by atoms with Gasteiger partial charge in [0, 0.05) is 25.2 Å². The lowest BCUT2D eigenvalue weighted by Crippen LogP contribution is -2.46. The van der Waals surface area contributed by atoms with Crippen molar-refractivity contribution in [3.63, 3.8) is 0 Å². The predicted octanol–water partition coefficient (Wildman–Crippen LogP) is 3.30. The molecule has 3 rings (SSSR count). The van der Waals surface area contributed by atoms with E-state index in [2.05, 4.69) is 15.5 Å². The Morgan fingerprint density at radius 2 is 2.14 bits per heavy atom. The molecule has 0 aromatic carbocycles. The maximum atomic E-state index is 13.0. The average Bonchev–Trinajstić information content (AvgIpc) is 3.09. The molecule has 1 aromatic heterocycles. The van der Waals surface area contributed by atoms with Crippen LogP contribution in [0.4, 0.5) is 10.2 Å². The molecule has 28 heavy (non-hydrogen) atoms. The number of likely N-dealkylation sites (tertiary alicyclic amines) is 1. The second-order valence-corrected chi connectivity index (χ2v) is 7.93. The second kappa shape index (κ2) is 10.0. The molecule has 1 atom stereocenters. The third kappa shape index (κ3) is 5.79. The molecule has 2 N–H and O–H groups in total. The zero-order valence-electron chi connectivity index (χ0n) is 17.1. The topological polar surface area (TPSA) is 49.3 Å². The fourth-order valence-electron chi connectivity index (χ4n) is 4.20. The van der Waals surface area contributed by atoms with E-state index in [1.165, 1.54) is 6.92 Å². The number of rotatable bonds is 8. The van der Waals surface area contributed by atoms with E-state index in [1.54, 1.807) is 12.1 Å². The minimum Gasteiger partial charge on any atom is -0.366 e. The highest BCUT2D eigenvalue weighted by atomic mass is 19.1. The number of fused-ring (bicyclic) bond motifs is 1. The first kappa shape index (κ1) is 20.8. The zero-order valence-corrected chi connectivity index (χ0v) is 17.1. The first-order valence-corrected chi connectivity index (χ1v) is 10.5. The minimum atomic E-state index is -0.127. The molecule has 0 saturated carbocycles. The molecule has 5 nitrogen and oxygen atoms in total. The molecule has 0 spiro atoms. The van der Waals surface area contributed by atoms with Crippen LogP contribution in [0.1, 0.15) is 39.5 Å². The summed E-state index contributed by atoms with van der Waals surface area (Å²) in [5.41, 5.74) is 1.15. The number of nitrogens with one attached hydrogen (secondary N) is 2. The van der Waals surface area contributed by atoms with Gasteiger partial charge in [0.05, 0.1) is 11.9 Å². The highest BCUT2D eigenvalue weighted by Crippen LogP contribution is 2.18. The van der Waals surface area contributed by atoms with E-state index in [9.17, 15) is 9.18 Å². The third-order valence-electron chi connectivity index (χ3n) is 5.70. The van der Waals surface area contributed by atoms with Gasteiger partial charge < -0.3 is 15.5 Å². The van der Waals surface area contributed by atoms with E-state index in [4.69, 9.17) is 0 Å². The van der Waals surface area contributed by atoms with Crippen LogP contribution in [0.3, 0.4) is 0 Å². The Kier molecular flexibility index (Phi) is 7.45. The Balaban J connectivity index is 1.33. The van der Waals surface area contributed by atoms with Crippen molar-refractivity contribution in [3.8, 4) is 0 Å². The van der Waals surface area contributed by atoms with Gasteiger partial charge in [-0.15, -0.1) is 0 Å². The number of pyridine rings is 1. The molecule has 0 bridgehead atoms. The van der Waals surface area contributed by atoms with E-state index in [0.717, 1.165) is 69.8 Å². The number of hydrogen-bond donors (Lipinski definition) is 2. The molecule has 0 radical (unpaired) electrons. The molecule has 1 fully saturated rings. The Morgan fingerprint density at radius 3 is 2.82 bits per heavy atom. The average molecular weight is 389 g/mol. The Labute approximate surface area is 167 Å². The van der Waals surface area contributed by atoms with Crippen LogP contribution in [0.5, 0.6) is 0 Å². The Hall–Kier alpha value is -1.92. The van der Waals surface area contributed by atoms with Gasteiger partial charge in [-0.3, -0.25) is 9.36 Å². The van der Waals surface area contributed by atoms with Crippen molar-refractivity contribution in [2.45, 2.75) is 58.2 Å². The van der Waals surface area contributed by atoms with Crippen LogP contribution in [0, 0.1) is 0 Å². The molecular formula is C22H33FN4O. The van der Waals surface area contributed by atoms with Crippen molar-refractivity contribution < 1.29 is 4.39 Å². The molecule has 1 aromatic rings. The van der Waals surface area contributed by atoms with Gasteiger partial charge in [-0.2, -0.15) is 0 Å². The SMILES string of the molecule is C/C=C(\C=C(/C)F)CCCNC1CCN(CC2Cn3c(cccc3=O)N2)CC1. The van der Waals surface area contributed by atoms with Gasteiger partial charge >= 0.3 is 0 Å². The summed E-state index contributed by atoms with van der Waals surface area (Å²) in [4.78, 5) is 14.4. The van der Waals surface area contributed by atoms with E-state index in [0.29, 0.717) is 12.1 Å². The summed E-state index contributed by atoms with van der Waals surface area (Å²) >= 11 is 0. The summed E-state index contributed by atoms with van der Waals surface area (Å²) in [6.07, 6.45) is 7.87. The van der Waals surface area contributed by atoms with Crippen molar-refractivity contribution in [2.75, 3.05) is 31.5 Å². The van der Waals surface area contributed by atoms with Crippen molar-refractivity contribution in [1.29, 1.82) is 0 Å². The normalized spacial score (nSPS) is 21.6.